The summed E-state index contributed by atoms with van der Waals surface area (Å²) in [5.74, 6) is 0.733. The number of morpholine rings is 1. The predicted octanol–water partition coefficient (Wildman–Crippen LogP) is 1.59. The van der Waals surface area contributed by atoms with E-state index in [4.69, 9.17) is 9.47 Å². The van der Waals surface area contributed by atoms with Gasteiger partial charge in [0.15, 0.2) is 0 Å². The maximum absolute atomic E-state index is 9.74. The molecule has 0 bridgehead atoms. The molecule has 4 nitrogen and oxygen atoms in total. The first-order valence-corrected chi connectivity index (χ1v) is 5.91. The monoisotopic (exact) mass is 237 g/mol. The molecule has 1 aromatic carbocycles. The molecule has 0 spiro atoms. The van der Waals surface area contributed by atoms with Gasteiger partial charge in [0.2, 0.25) is 0 Å². The minimum absolute atomic E-state index is 0.522. The molecule has 1 unspecified atom stereocenters. The number of hydrogen-bond donors (Lipinski definition) is 1. The van der Waals surface area contributed by atoms with E-state index in [2.05, 4.69) is 4.90 Å². The first-order chi connectivity index (χ1) is 8.22. The first-order valence-electron chi connectivity index (χ1n) is 5.91. The molecule has 2 rings (SSSR count). The Morgan fingerprint density at radius 2 is 2.06 bits per heavy atom. The third-order valence-electron chi connectivity index (χ3n) is 3.04. The molecular weight excluding hydrogens is 218 g/mol. The standard InChI is InChI=1S/C13H19NO3/c1-10(15)12-9-11(3-4-13(12)16-2)14-5-7-17-8-6-14/h3-4,9-10,15H,5-8H2,1-2H3. The molecule has 1 N–H and O–H groups in total. The van der Waals surface area contributed by atoms with Gasteiger partial charge in [0.1, 0.15) is 5.75 Å². The van der Waals surface area contributed by atoms with Gasteiger partial charge in [-0.05, 0) is 25.1 Å². The van der Waals surface area contributed by atoms with E-state index < -0.39 is 6.10 Å². The molecule has 1 aliphatic heterocycles. The molecule has 1 atom stereocenters. The van der Waals surface area contributed by atoms with E-state index in [0.29, 0.717) is 0 Å². The van der Waals surface area contributed by atoms with Crippen molar-refractivity contribution in [2.75, 3.05) is 38.3 Å². The molecule has 0 aromatic heterocycles. The van der Waals surface area contributed by atoms with Gasteiger partial charge in [0.05, 0.1) is 26.4 Å². The van der Waals surface area contributed by atoms with Crippen LogP contribution in [0.15, 0.2) is 18.2 Å². The predicted molar refractivity (Wildman–Crippen MR) is 66.7 cm³/mol. The first kappa shape index (κ1) is 12.2. The highest BCUT2D eigenvalue weighted by Gasteiger charge is 2.15. The topological polar surface area (TPSA) is 41.9 Å². The Bertz CT molecular complexity index is 373. The highest BCUT2D eigenvalue weighted by atomic mass is 16.5. The molecule has 0 saturated carbocycles. The van der Waals surface area contributed by atoms with Crippen LogP contribution in [0.2, 0.25) is 0 Å². The lowest BCUT2D eigenvalue weighted by Crippen LogP contribution is -2.36. The van der Waals surface area contributed by atoms with Crippen LogP contribution in [0, 0.1) is 0 Å². The molecular formula is C13H19NO3. The molecule has 0 amide bonds. The van der Waals surface area contributed by atoms with E-state index in [1.165, 1.54) is 0 Å². The second-order valence-electron chi connectivity index (χ2n) is 4.20. The summed E-state index contributed by atoms with van der Waals surface area (Å²) >= 11 is 0. The van der Waals surface area contributed by atoms with Crippen molar-refractivity contribution in [3.8, 4) is 5.75 Å². The number of rotatable bonds is 3. The van der Waals surface area contributed by atoms with Gasteiger partial charge >= 0.3 is 0 Å². The van der Waals surface area contributed by atoms with Gasteiger partial charge in [-0.2, -0.15) is 0 Å². The zero-order valence-corrected chi connectivity index (χ0v) is 10.3. The SMILES string of the molecule is COc1ccc(N2CCOCC2)cc1C(C)O. The van der Waals surface area contributed by atoms with E-state index in [0.717, 1.165) is 43.3 Å². The number of aliphatic hydroxyl groups excluding tert-OH is 1. The maximum Gasteiger partial charge on any atom is 0.124 e. The summed E-state index contributed by atoms with van der Waals surface area (Å²) < 4.78 is 10.6. The second-order valence-corrected chi connectivity index (χ2v) is 4.20. The highest BCUT2D eigenvalue weighted by Crippen LogP contribution is 2.29. The van der Waals surface area contributed by atoms with Crippen molar-refractivity contribution in [1.82, 2.24) is 0 Å². The van der Waals surface area contributed by atoms with Gasteiger partial charge in [0, 0.05) is 24.3 Å². The fourth-order valence-electron chi connectivity index (χ4n) is 2.07. The summed E-state index contributed by atoms with van der Waals surface area (Å²) in [6.07, 6.45) is -0.522. The van der Waals surface area contributed by atoms with Crippen LogP contribution in [0.5, 0.6) is 5.75 Å². The van der Waals surface area contributed by atoms with Gasteiger partial charge in [0.25, 0.3) is 0 Å². The minimum Gasteiger partial charge on any atom is -0.496 e. The van der Waals surface area contributed by atoms with Crippen LogP contribution in [0.25, 0.3) is 0 Å². The number of aliphatic hydroxyl groups is 1. The van der Waals surface area contributed by atoms with Crippen molar-refractivity contribution in [2.24, 2.45) is 0 Å². The van der Waals surface area contributed by atoms with E-state index in [9.17, 15) is 5.11 Å². The van der Waals surface area contributed by atoms with Crippen molar-refractivity contribution in [1.29, 1.82) is 0 Å². The summed E-state index contributed by atoms with van der Waals surface area (Å²) in [7, 11) is 1.62. The van der Waals surface area contributed by atoms with Gasteiger partial charge < -0.3 is 19.5 Å². The Morgan fingerprint density at radius 1 is 1.35 bits per heavy atom. The Kier molecular flexibility index (Phi) is 3.86. The summed E-state index contributed by atoms with van der Waals surface area (Å²) in [6.45, 7) is 5.06. The van der Waals surface area contributed by atoms with E-state index in [1.54, 1.807) is 14.0 Å². The average Bonchev–Trinajstić information content (AvgIpc) is 2.39. The van der Waals surface area contributed by atoms with Gasteiger partial charge in [-0.15, -0.1) is 0 Å². The lowest BCUT2D eigenvalue weighted by Gasteiger charge is -2.29. The van der Waals surface area contributed by atoms with Crippen LogP contribution in [0.1, 0.15) is 18.6 Å². The largest absolute Gasteiger partial charge is 0.496 e. The molecule has 17 heavy (non-hydrogen) atoms. The molecule has 0 aliphatic carbocycles. The minimum atomic E-state index is -0.522. The van der Waals surface area contributed by atoms with Gasteiger partial charge in [-0.1, -0.05) is 0 Å². The van der Waals surface area contributed by atoms with Gasteiger partial charge in [-0.3, -0.25) is 0 Å². The maximum atomic E-state index is 9.74. The summed E-state index contributed by atoms with van der Waals surface area (Å²) in [5, 5.41) is 9.74. The van der Waals surface area contributed by atoms with E-state index in [-0.39, 0.29) is 0 Å². The smallest absolute Gasteiger partial charge is 0.124 e. The van der Waals surface area contributed by atoms with Crippen LogP contribution in [0.3, 0.4) is 0 Å². The Labute approximate surface area is 102 Å². The van der Waals surface area contributed by atoms with Crippen LogP contribution < -0.4 is 9.64 Å². The fraction of sp³-hybridized carbons (Fsp3) is 0.538. The molecule has 0 radical (unpaired) electrons. The van der Waals surface area contributed by atoms with Gasteiger partial charge in [-0.25, -0.2) is 0 Å². The molecule has 1 heterocycles. The Hall–Kier alpha value is -1.26. The number of methoxy groups -OCH3 is 1. The van der Waals surface area contributed by atoms with Crippen LogP contribution >= 0.6 is 0 Å². The Morgan fingerprint density at radius 3 is 2.65 bits per heavy atom. The van der Waals surface area contributed by atoms with Crippen LogP contribution in [-0.4, -0.2) is 38.5 Å². The third-order valence-corrected chi connectivity index (χ3v) is 3.04. The molecule has 1 aliphatic rings. The molecule has 1 saturated heterocycles. The number of benzene rings is 1. The zero-order valence-electron chi connectivity index (χ0n) is 10.3. The van der Waals surface area contributed by atoms with Crippen molar-refractivity contribution >= 4 is 5.69 Å². The van der Waals surface area contributed by atoms with Crippen molar-refractivity contribution in [2.45, 2.75) is 13.0 Å². The quantitative estimate of drug-likeness (QED) is 0.866. The average molecular weight is 237 g/mol. The normalized spacial score (nSPS) is 17.9. The second kappa shape index (κ2) is 5.38. The zero-order chi connectivity index (χ0) is 12.3. The highest BCUT2D eigenvalue weighted by molar-refractivity contribution is 5.54. The lowest BCUT2D eigenvalue weighted by atomic mass is 10.1. The van der Waals surface area contributed by atoms with Crippen molar-refractivity contribution in [3.05, 3.63) is 23.8 Å². The third kappa shape index (κ3) is 2.70. The Balaban J connectivity index is 2.26. The number of ether oxygens (including phenoxy) is 2. The van der Waals surface area contributed by atoms with Crippen molar-refractivity contribution < 1.29 is 14.6 Å². The molecule has 94 valence electrons. The van der Waals surface area contributed by atoms with E-state index in [1.807, 2.05) is 18.2 Å². The molecule has 1 fully saturated rings. The lowest BCUT2D eigenvalue weighted by molar-refractivity contribution is 0.122. The molecule has 1 aromatic rings. The summed E-state index contributed by atoms with van der Waals surface area (Å²) in [4.78, 5) is 2.26. The number of anilines is 1. The fourth-order valence-corrected chi connectivity index (χ4v) is 2.07. The van der Waals surface area contributed by atoms with Crippen molar-refractivity contribution in [3.63, 3.8) is 0 Å². The summed E-state index contributed by atoms with van der Waals surface area (Å²) in [6, 6.07) is 5.93. The molecule has 4 heteroatoms. The number of nitrogens with zero attached hydrogens (tertiary/aromatic N) is 1. The van der Waals surface area contributed by atoms with E-state index >= 15 is 0 Å². The number of hydrogen-bond acceptors (Lipinski definition) is 4. The summed E-state index contributed by atoms with van der Waals surface area (Å²) in [5.41, 5.74) is 1.95. The van der Waals surface area contributed by atoms with Crippen LogP contribution in [0.4, 0.5) is 5.69 Å². The van der Waals surface area contributed by atoms with Crippen LogP contribution in [-0.2, 0) is 4.74 Å².